The molecule has 0 heterocycles. The second-order valence-corrected chi connectivity index (χ2v) is 6.48. The number of methoxy groups -OCH3 is 2. The van der Waals surface area contributed by atoms with Gasteiger partial charge in [0.1, 0.15) is 11.5 Å². The maximum Gasteiger partial charge on any atom is 0.306 e. The molecule has 0 radical (unpaired) electrons. The zero-order chi connectivity index (χ0) is 19.6. The Balaban J connectivity index is 1.81. The summed E-state index contributed by atoms with van der Waals surface area (Å²) < 4.78 is 15.5. The molecule has 0 unspecified atom stereocenters. The summed E-state index contributed by atoms with van der Waals surface area (Å²) in [5.41, 5.74) is 1.59. The van der Waals surface area contributed by atoms with E-state index in [1.165, 1.54) is 11.8 Å². The van der Waals surface area contributed by atoms with Gasteiger partial charge < -0.3 is 19.5 Å². The van der Waals surface area contributed by atoms with Crippen LogP contribution in [0, 0.1) is 0 Å². The average Bonchev–Trinajstić information content (AvgIpc) is 2.70. The monoisotopic (exact) mass is 389 g/mol. The van der Waals surface area contributed by atoms with E-state index in [0.29, 0.717) is 23.6 Å². The Labute approximate surface area is 163 Å². The first kappa shape index (κ1) is 20.6. The highest BCUT2D eigenvalue weighted by Crippen LogP contribution is 2.25. The molecule has 2 aromatic rings. The van der Waals surface area contributed by atoms with Gasteiger partial charge in [-0.2, -0.15) is 0 Å². The number of carbonyl (C=O) groups is 2. The molecule has 0 bridgehead atoms. The van der Waals surface area contributed by atoms with Gasteiger partial charge in [-0.25, -0.2) is 0 Å². The summed E-state index contributed by atoms with van der Waals surface area (Å²) in [4.78, 5) is 24.9. The van der Waals surface area contributed by atoms with Crippen molar-refractivity contribution >= 4 is 29.3 Å². The number of amides is 1. The van der Waals surface area contributed by atoms with Gasteiger partial charge in [-0.15, -0.1) is 11.8 Å². The van der Waals surface area contributed by atoms with Crippen LogP contribution in [-0.4, -0.2) is 39.0 Å². The molecule has 2 rings (SSSR count). The first-order chi connectivity index (χ1) is 13.0. The van der Waals surface area contributed by atoms with Crippen LogP contribution in [0.15, 0.2) is 47.4 Å². The van der Waals surface area contributed by atoms with Crippen LogP contribution in [0.2, 0.25) is 0 Å². The average molecular weight is 389 g/mol. The highest BCUT2D eigenvalue weighted by molar-refractivity contribution is 7.98. The Hall–Kier alpha value is -2.67. The summed E-state index contributed by atoms with van der Waals surface area (Å²) in [6.07, 6.45) is 2.55. The number of aryl methyl sites for hydroxylation is 1. The zero-order valence-corrected chi connectivity index (χ0v) is 16.4. The van der Waals surface area contributed by atoms with Gasteiger partial charge in [0.25, 0.3) is 5.91 Å². The molecule has 0 aromatic heterocycles. The van der Waals surface area contributed by atoms with Gasteiger partial charge >= 0.3 is 5.97 Å². The molecule has 2 aromatic carbocycles. The molecule has 0 saturated carbocycles. The molecule has 0 saturated heterocycles. The molecule has 0 aliphatic rings. The Bertz CT molecular complexity index is 771. The maximum absolute atomic E-state index is 12.0. The first-order valence-corrected chi connectivity index (χ1v) is 9.58. The van der Waals surface area contributed by atoms with E-state index >= 15 is 0 Å². The van der Waals surface area contributed by atoms with Crippen LogP contribution >= 0.6 is 11.8 Å². The fraction of sp³-hybridized carbons (Fsp3) is 0.300. The molecule has 1 N–H and O–H groups in total. The smallest absolute Gasteiger partial charge is 0.306 e. The Morgan fingerprint density at radius 3 is 2.33 bits per heavy atom. The summed E-state index contributed by atoms with van der Waals surface area (Å²) in [7, 11) is 3.14. The molecule has 144 valence electrons. The standard InChI is InChI=1S/C20H23NO5S/c1-24-15-10-14(11-16(12-15)25-2)8-9-20(23)26-13-19(22)21-17-6-4-5-7-18(17)27-3/h4-7,10-12H,8-9,13H2,1-3H3,(H,21,22). The minimum absolute atomic E-state index is 0.158. The fourth-order valence-corrected chi connectivity index (χ4v) is 2.96. The van der Waals surface area contributed by atoms with Crippen molar-refractivity contribution in [1.82, 2.24) is 0 Å². The van der Waals surface area contributed by atoms with Crippen LogP contribution < -0.4 is 14.8 Å². The lowest BCUT2D eigenvalue weighted by molar-refractivity contribution is -0.147. The summed E-state index contributed by atoms with van der Waals surface area (Å²) in [6.45, 7) is -0.316. The predicted molar refractivity (Wildman–Crippen MR) is 106 cm³/mol. The minimum Gasteiger partial charge on any atom is -0.497 e. The van der Waals surface area contributed by atoms with Crippen molar-refractivity contribution in [3.63, 3.8) is 0 Å². The normalized spacial score (nSPS) is 10.2. The molecular weight excluding hydrogens is 366 g/mol. The third-order valence-electron chi connectivity index (χ3n) is 3.77. The zero-order valence-electron chi connectivity index (χ0n) is 15.6. The SMILES string of the molecule is COc1cc(CCC(=O)OCC(=O)Nc2ccccc2SC)cc(OC)c1. The number of rotatable bonds is 9. The number of anilines is 1. The highest BCUT2D eigenvalue weighted by Gasteiger charge is 2.11. The number of carbonyl (C=O) groups excluding carboxylic acids is 2. The van der Waals surface area contributed by atoms with E-state index in [-0.39, 0.29) is 18.9 Å². The Morgan fingerprint density at radius 2 is 1.70 bits per heavy atom. The molecule has 6 nitrogen and oxygen atoms in total. The molecule has 7 heteroatoms. The van der Waals surface area contributed by atoms with Gasteiger partial charge in [-0.1, -0.05) is 12.1 Å². The van der Waals surface area contributed by atoms with Crippen molar-refractivity contribution in [3.8, 4) is 11.5 Å². The van der Waals surface area contributed by atoms with Crippen LogP contribution in [0.3, 0.4) is 0 Å². The molecule has 1 amide bonds. The van der Waals surface area contributed by atoms with Gasteiger partial charge in [0.15, 0.2) is 6.61 Å². The van der Waals surface area contributed by atoms with E-state index in [9.17, 15) is 9.59 Å². The van der Waals surface area contributed by atoms with Gasteiger partial charge in [0.2, 0.25) is 0 Å². The summed E-state index contributed by atoms with van der Waals surface area (Å²) in [6, 6.07) is 12.9. The Morgan fingerprint density at radius 1 is 1.04 bits per heavy atom. The number of hydrogen-bond donors (Lipinski definition) is 1. The summed E-state index contributed by atoms with van der Waals surface area (Å²) in [5, 5.41) is 2.75. The van der Waals surface area contributed by atoms with Gasteiger partial charge in [-0.05, 0) is 42.5 Å². The molecule has 0 spiro atoms. The number of hydrogen-bond acceptors (Lipinski definition) is 6. The van der Waals surface area contributed by atoms with E-state index in [0.717, 1.165) is 10.5 Å². The van der Waals surface area contributed by atoms with Crippen LogP contribution in [0.25, 0.3) is 0 Å². The number of ether oxygens (including phenoxy) is 3. The van der Waals surface area contributed by atoms with E-state index in [1.54, 1.807) is 20.3 Å². The van der Waals surface area contributed by atoms with E-state index in [2.05, 4.69) is 5.32 Å². The van der Waals surface area contributed by atoms with Gasteiger partial charge in [0, 0.05) is 17.4 Å². The topological polar surface area (TPSA) is 73.9 Å². The number of thioether (sulfide) groups is 1. The van der Waals surface area contributed by atoms with E-state index < -0.39 is 5.97 Å². The lowest BCUT2D eigenvalue weighted by Gasteiger charge is -2.10. The van der Waals surface area contributed by atoms with Gasteiger partial charge in [0.05, 0.1) is 19.9 Å². The molecule has 0 atom stereocenters. The quantitative estimate of drug-likeness (QED) is 0.522. The lowest BCUT2D eigenvalue weighted by atomic mass is 10.1. The van der Waals surface area contributed by atoms with E-state index in [1.807, 2.05) is 42.7 Å². The highest BCUT2D eigenvalue weighted by atomic mass is 32.2. The molecule has 27 heavy (non-hydrogen) atoms. The number of benzene rings is 2. The predicted octanol–water partition coefficient (Wildman–Crippen LogP) is 3.54. The minimum atomic E-state index is -0.440. The van der Waals surface area contributed by atoms with Crippen LogP contribution in [-0.2, 0) is 20.7 Å². The third kappa shape index (κ3) is 6.53. The number of esters is 1. The maximum atomic E-state index is 12.0. The van der Waals surface area contributed by atoms with Crippen molar-refractivity contribution in [2.24, 2.45) is 0 Å². The van der Waals surface area contributed by atoms with Crippen LogP contribution in [0.4, 0.5) is 5.69 Å². The lowest BCUT2D eigenvalue weighted by Crippen LogP contribution is -2.21. The first-order valence-electron chi connectivity index (χ1n) is 8.36. The fourth-order valence-electron chi connectivity index (χ4n) is 2.41. The van der Waals surface area contributed by atoms with Crippen molar-refractivity contribution in [1.29, 1.82) is 0 Å². The largest absolute Gasteiger partial charge is 0.497 e. The van der Waals surface area contributed by atoms with Crippen molar-refractivity contribution < 1.29 is 23.8 Å². The van der Waals surface area contributed by atoms with Crippen molar-refractivity contribution in [3.05, 3.63) is 48.0 Å². The van der Waals surface area contributed by atoms with Gasteiger partial charge in [-0.3, -0.25) is 9.59 Å². The number of nitrogens with one attached hydrogen (secondary N) is 1. The summed E-state index contributed by atoms with van der Waals surface area (Å²) >= 11 is 1.53. The van der Waals surface area contributed by atoms with Crippen LogP contribution in [0.1, 0.15) is 12.0 Å². The second-order valence-electron chi connectivity index (χ2n) is 5.63. The van der Waals surface area contributed by atoms with E-state index in [4.69, 9.17) is 14.2 Å². The third-order valence-corrected chi connectivity index (χ3v) is 4.57. The molecule has 0 aliphatic carbocycles. The second kappa shape index (κ2) is 10.5. The van der Waals surface area contributed by atoms with Crippen LogP contribution in [0.5, 0.6) is 11.5 Å². The van der Waals surface area contributed by atoms with Crippen molar-refractivity contribution in [2.75, 3.05) is 32.4 Å². The number of para-hydroxylation sites is 1. The Kier molecular flexibility index (Phi) is 8.00. The molecular formula is C20H23NO5S. The molecule has 0 aliphatic heterocycles. The molecule has 0 fully saturated rings. The summed E-state index contributed by atoms with van der Waals surface area (Å²) in [5.74, 6) is 0.507. The van der Waals surface area contributed by atoms with Crippen molar-refractivity contribution in [2.45, 2.75) is 17.7 Å².